The van der Waals surface area contributed by atoms with E-state index in [1.807, 2.05) is 12.1 Å². The van der Waals surface area contributed by atoms with Crippen LogP contribution in [0.5, 0.6) is 0 Å². The van der Waals surface area contributed by atoms with Crippen molar-refractivity contribution in [3.63, 3.8) is 0 Å². The Hall–Kier alpha value is -3.02. The Morgan fingerprint density at radius 2 is 1.75 bits per heavy atom. The fourth-order valence-corrected chi connectivity index (χ4v) is 2.45. The molecular formula is C18H13F2NO3. The summed E-state index contributed by atoms with van der Waals surface area (Å²) in [5.41, 5.74) is 0.883. The Morgan fingerprint density at radius 1 is 1.08 bits per heavy atom. The molecule has 0 fully saturated rings. The number of aromatic amines is 1. The van der Waals surface area contributed by atoms with Crippen LogP contribution < -0.4 is 0 Å². The van der Waals surface area contributed by atoms with Crippen LogP contribution in [0.4, 0.5) is 8.78 Å². The van der Waals surface area contributed by atoms with Gasteiger partial charge in [0.2, 0.25) is 5.78 Å². The minimum absolute atomic E-state index is 0.286. The Kier molecular flexibility index (Phi) is 4.12. The second kappa shape index (κ2) is 6.23. The summed E-state index contributed by atoms with van der Waals surface area (Å²) in [7, 11) is 0. The lowest BCUT2D eigenvalue weighted by Gasteiger charge is -2.12. The molecule has 0 radical (unpaired) electrons. The summed E-state index contributed by atoms with van der Waals surface area (Å²) in [6, 6.07) is 9.57. The van der Waals surface area contributed by atoms with Crippen LogP contribution in [0.2, 0.25) is 0 Å². The molecule has 0 unspecified atom stereocenters. The molecule has 2 aromatic carbocycles. The molecule has 0 amide bonds. The van der Waals surface area contributed by atoms with Crippen LogP contribution in [0.3, 0.4) is 0 Å². The molecule has 3 aromatic rings. The highest BCUT2D eigenvalue weighted by molar-refractivity contribution is 6.10. The number of carbonyl (C=O) groups is 2. The third-order valence-corrected chi connectivity index (χ3v) is 3.61. The molecule has 1 N–H and O–H groups in total. The Labute approximate surface area is 136 Å². The van der Waals surface area contributed by atoms with Crippen molar-refractivity contribution in [2.75, 3.05) is 0 Å². The zero-order valence-electron chi connectivity index (χ0n) is 12.7. The maximum absolute atomic E-state index is 13.2. The number of H-pyrrole nitrogens is 1. The van der Waals surface area contributed by atoms with E-state index in [1.54, 1.807) is 18.3 Å². The molecule has 1 aromatic heterocycles. The van der Waals surface area contributed by atoms with Gasteiger partial charge in [0.15, 0.2) is 6.10 Å². The molecule has 0 saturated heterocycles. The van der Waals surface area contributed by atoms with Gasteiger partial charge in [-0.3, -0.25) is 4.79 Å². The third kappa shape index (κ3) is 3.03. The monoisotopic (exact) mass is 329 g/mol. The first-order chi connectivity index (χ1) is 11.5. The first-order valence-electron chi connectivity index (χ1n) is 7.23. The van der Waals surface area contributed by atoms with Crippen LogP contribution in [-0.4, -0.2) is 22.8 Å². The molecule has 0 spiro atoms. The Bertz CT molecular complexity index is 913. The average Bonchev–Trinajstić information content (AvgIpc) is 2.97. The highest BCUT2D eigenvalue weighted by Crippen LogP contribution is 2.20. The second-order valence-electron chi connectivity index (χ2n) is 5.32. The fraction of sp³-hybridized carbons (Fsp3) is 0.111. The minimum atomic E-state index is -1.09. The van der Waals surface area contributed by atoms with Gasteiger partial charge in [-0.2, -0.15) is 0 Å². The van der Waals surface area contributed by atoms with Crippen molar-refractivity contribution in [1.29, 1.82) is 0 Å². The van der Waals surface area contributed by atoms with Crippen molar-refractivity contribution in [1.82, 2.24) is 4.98 Å². The van der Waals surface area contributed by atoms with Gasteiger partial charge in [0.1, 0.15) is 11.6 Å². The number of ether oxygens (including phenoxy) is 1. The molecule has 122 valence electrons. The molecule has 3 rings (SSSR count). The lowest BCUT2D eigenvalue weighted by molar-refractivity contribution is 0.0318. The van der Waals surface area contributed by atoms with E-state index in [9.17, 15) is 18.4 Å². The van der Waals surface area contributed by atoms with Crippen molar-refractivity contribution in [2.45, 2.75) is 13.0 Å². The maximum atomic E-state index is 13.2. The number of ketones is 1. The average molecular weight is 329 g/mol. The quantitative estimate of drug-likeness (QED) is 0.584. The molecule has 0 aliphatic heterocycles. The van der Waals surface area contributed by atoms with Crippen molar-refractivity contribution >= 4 is 22.7 Å². The van der Waals surface area contributed by atoms with Crippen molar-refractivity contribution in [3.8, 4) is 0 Å². The maximum Gasteiger partial charge on any atom is 0.339 e. The molecule has 0 saturated carbocycles. The number of halogens is 2. The number of hydrogen-bond acceptors (Lipinski definition) is 3. The van der Waals surface area contributed by atoms with Gasteiger partial charge in [-0.25, -0.2) is 13.6 Å². The lowest BCUT2D eigenvalue weighted by atomic mass is 10.1. The summed E-state index contributed by atoms with van der Waals surface area (Å²) in [4.78, 5) is 27.4. The van der Waals surface area contributed by atoms with Crippen molar-refractivity contribution < 1.29 is 23.1 Å². The van der Waals surface area contributed by atoms with Crippen LogP contribution in [-0.2, 0) is 4.74 Å². The van der Waals surface area contributed by atoms with Gasteiger partial charge < -0.3 is 9.72 Å². The minimum Gasteiger partial charge on any atom is -0.451 e. The molecule has 0 bridgehead atoms. The van der Waals surface area contributed by atoms with Crippen LogP contribution >= 0.6 is 0 Å². The zero-order chi connectivity index (χ0) is 17.3. The zero-order valence-corrected chi connectivity index (χ0v) is 12.7. The van der Waals surface area contributed by atoms with Gasteiger partial charge in [0.05, 0.1) is 5.56 Å². The lowest BCUT2D eigenvalue weighted by Crippen LogP contribution is -2.24. The number of Topliss-reactive ketones (excluding diaryl/α,β-unsaturated/α-hetero) is 1. The molecule has 6 heteroatoms. The van der Waals surface area contributed by atoms with Gasteiger partial charge in [0.25, 0.3) is 0 Å². The van der Waals surface area contributed by atoms with Crippen molar-refractivity contribution in [2.24, 2.45) is 0 Å². The summed E-state index contributed by atoms with van der Waals surface area (Å²) in [6.07, 6.45) is 0.446. The van der Waals surface area contributed by atoms with Crippen LogP contribution in [0.15, 0.2) is 48.7 Å². The van der Waals surface area contributed by atoms with E-state index in [-0.39, 0.29) is 5.56 Å². The van der Waals surface area contributed by atoms with Crippen molar-refractivity contribution in [3.05, 3.63) is 71.4 Å². The second-order valence-corrected chi connectivity index (χ2v) is 5.32. The first kappa shape index (κ1) is 15.9. The normalized spacial score (nSPS) is 12.1. The molecule has 4 nitrogen and oxygen atoms in total. The highest BCUT2D eigenvalue weighted by atomic mass is 19.1. The number of hydrogen-bond donors (Lipinski definition) is 1. The molecule has 0 aliphatic rings. The Balaban J connectivity index is 1.80. The molecule has 1 heterocycles. The first-order valence-corrected chi connectivity index (χ1v) is 7.23. The number of aromatic nitrogens is 1. The van der Waals surface area contributed by atoms with Crippen LogP contribution in [0.1, 0.15) is 27.6 Å². The van der Waals surface area contributed by atoms with E-state index in [1.165, 1.54) is 6.92 Å². The van der Waals surface area contributed by atoms with Gasteiger partial charge in [-0.05, 0) is 25.1 Å². The summed E-state index contributed by atoms with van der Waals surface area (Å²) in [6.45, 7) is 1.41. The number of fused-ring (bicyclic) bond motifs is 1. The smallest absolute Gasteiger partial charge is 0.339 e. The van der Waals surface area contributed by atoms with Gasteiger partial charge in [-0.15, -0.1) is 0 Å². The molecule has 24 heavy (non-hydrogen) atoms. The number of nitrogens with one attached hydrogen (secondary N) is 1. The van der Waals surface area contributed by atoms with Crippen LogP contribution in [0.25, 0.3) is 10.9 Å². The third-order valence-electron chi connectivity index (χ3n) is 3.61. The summed E-state index contributed by atoms with van der Waals surface area (Å²) >= 11 is 0. The number of carbonyl (C=O) groups excluding carboxylic acids is 2. The summed E-state index contributed by atoms with van der Waals surface area (Å²) < 4.78 is 31.4. The van der Waals surface area contributed by atoms with E-state index >= 15 is 0 Å². The van der Waals surface area contributed by atoms with E-state index in [0.717, 1.165) is 17.6 Å². The topological polar surface area (TPSA) is 59.2 Å². The Morgan fingerprint density at radius 3 is 2.46 bits per heavy atom. The predicted molar refractivity (Wildman–Crippen MR) is 83.9 cm³/mol. The van der Waals surface area contributed by atoms with E-state index in [4.69, 9.17) is 4.74 Å². The fourth-order valence-electron chi connectivity index (χ4n) is 2.45. The number of para-hydroxylation sites is 1. The molecule has 1 atom stereocenters. The van der Waals surface area contributed by atoms with Gasteiger partial charge in [-0.1, -0.05) is 18.2 Å². The molecular weight excluding hydrogens is 316 g/mol. The van der Waals surface area contributed by atoms with E-state index in [2.05, 4.69) is 4.98 Å². The molecule has 0 aliphatic carbocycles. The number of rotatable bonds is 4. The predicted octanol–water partition coefficient (Wildman–Crippen LogP) is 3.87. The van der Waals surface area contributed by atoms with E-state index in [0.29, 0.717) is 17.0 Å². The SMILES string of the molecule is C[C@@H](OC(=O)c1cc(F)cc(F)c1)C(=O)c1c[nH]c2ccccc12. The number of benzene rings is 2. The standard InChI is InChI=1S/C18H13F2NO3/c1-10(24-18(23)11-6-12(19)8-13(20)7-11)17(22)15-9-21-16-5-3-2-4-14(15)16/h2-10,21H,1H3/t10-/m1/s1. The summed E-state index contributed by atoms with van der Waals surface area (Å²) in [5.74, 6) is -3.15. The van der Waals surface area contributed by atoms with Gasteiger partial charge in [0, 0.05) is 28.7 Å². The highest BCUT2D eigenvalue weighted by Gasteiger charge is 2.23. The number of esters is 1. The summed E-state index contributed by atoms with van der Waals surface area (Å²) in [5, 5.41) is 0.710. The van der Waals surface area contributed by atoms with E-state index < -0.39 is 29.5 Å². The largest absolute Gasteiger partial charge is 0.451 e. The van der Waals surface area contributed by atoms with Crippen LogP contribution in [0, 0.1) is 11.6 Å². The van der Waals surface area contributed by atoms with Gasteiger partial charge >= 0.3 is 5.97 Å².